The Morgan fingerprint density at radius 2 is 2.00 bits per heavy atom. The van der Waals surface area contributed by atoms with Gasteiger partial charge in [-0.1, -0.05) is 18.2 Å². The first-order valence-electron chi connectivity index (χ1n) is 8.37. The Labute approximate surface area is 150 Å². The summed E-state index contributed by atoms with van der Waals surface area (Å²) < 4.78 is 32.4. The highest BCUT2D eigenvalue weighted by Gasteiger charge is 2.27. The second kappa shape index (κ2) is 8.14. The smallest absolute Gasteiger partial charge is 0.260 e. The molecular formula is C19H20F2N2O3. The standard InChI is InChI=1S/C19H20F2N2O3/c20-16-2-1-3-17(19(16)21)22-14-8-9-23(10-14)18(25)12-26-15-6-4-13(11-24)5-7-15/h1-7,14,22,24H,8-12H2. The number of amides is 1. The van der Waals surface area contributed by atoms with Crippen LogP contribution >= 0.6 is 0 Å². The minimum Gasteiger partial charge on any atom is -0.484 e. The van der Waals surface area contributed by atoms with Crippen molar-refractivity contribution in [1.82, 2.24) is 4.90 Å². The van der Waals surface area contributed by atoms with Crippen LogP contribution in [0, 0.1) is 11.6 Å². The molecule has 1 heterocycles. The number of carbonyl (C=O) groups is 1. The normalized spacial score (nSPS) is 16.6. The number of carbonyl (C=O) groups excluding carboxylic acids is 1. The van der Waals surface area contributed by atoms with Crippen LogP contribution in [0.25, 0.3) is 0 Å². The zero-order valence-electron chi connectivity index (χ0n) is 14.1. The molecule has 1 amide bonds. The molecule has 0 bridgehead atoms. The molecule has 5 nitrogen and oxygen atoms in total. The molecule has 0 saturated carbocycles. The predicted molar refractivity (Wildman–Crippen MR) is 92.8 cm³/mol. The number of anilines is 1. The second-order valence-corrected chi connectivity index (χ2v) is 6.16. The molecule has 0 spiro atoms. The summed E-state index contributed by atoms with van der Waals surface area (Å²) in [6.07, 6.45) is 0.646. The van der Waals surface area contributed by atoms with Crippen molar-refractivity contribution in [2.24, 2.45) is 0 Å². The van der Waals surface area contributed by atoms with E-state index in [1.807, 2.05) is 0 Å². The number of hydrogen-bond donors (Lipinski definition) is 2. The quantitative estimate of drug-likeness (QED) is 0.829. The SMILES string of the molecule is O=C(COc1ccc(CO)cc1)N1CCC(Nc2cccc(F)c2F)C1. The van der Waals surface area contributed by atoms with Gasteiger partial charge >= 0.3 is 0 Å². The lowest BCUT2D eigenvalue weighted by atomic mass is 10.2. The molecule has 1 fully saturated rings. The van der Waals surface area contributed by atoms with Gasteiger partial charge in [-0.3, -0.25) is 4.79 Å². The van der Waals surface area contributed by atoms with Gasteiger partial charge in [0.2, 0.25) is 0 Å². The van der Waals surface area contributed by atoms with Crippen molar-refractivity contribution in [2.45, 2.75) is 19.1 Å². The summed E-state index contributed by atoms with van der Waals surface area (Å²) in [7, 11) is 0. The first-order chi connectivity index (χ1) is 12.6. The Balaban J connectivity index is 1.49. The van der Waals surface area contributed by atoms with Gasteiger partial charge in [0, 0.05) is 19.1 Å². The van der Waals surface area contributed by atoms with E-state index >= 15 is 0 Å². The van der Waals surface area contributed by atoms with Crippen molar-refractivity contribution in [3.05, 3.63) is 59.7 Å². The van der Waals surface area contributed by atoms with E-state index in [0.717, 1.165) is 11.6 Å². The molecule has 1 saturated heterocycles. The highest BCUT2D eigenvalue weighted by Crippen LogP contribution is 2.21. The third-order valence-electron chi connectivity index (χ3n) is 4.32. The van der Waals surface area contributed by atoms with E-state index in [-0.39, 0.29) is 30.9 Å². The molecule has 2 aromatic rings. The molecule has 0 aliphatic carbocycles. The van der Waals surface area contributed by atoms with Gasteiger partial charge < -0.3 is 20.1 Å². The topological polar surface area (TPSA) is 61.8 Å². The maximum atomic E-state index is 13.7. The Morgan fingerprint density at radius 3 is 2.73 bits per heavy atom. The van der Waals surface area contributed by atoms with Crippen LogP contribution < -0.4 is 10.1 Å². The minimum atomic E-state index is -0.910. The van der Waals surface area contributed by atoms with E-state index in [4.69, 9.17) is 9.84 Å². The van der Waals surface area contributed by atoms with E-state index in [0.29, 0.717) is 25.3 Å². The molecular weight excluding hydrogens is 342 g/mol. The number of rotatable bonds is 6. The first kappa shape index (κ1) is 18.1. The summed E-state index contributed by atoms with van der Waals surface area (Å²) in [6.45, 7) is 0.786. The third kappa shape index (κ3) is 4.29. The lowest BCUT2D eigenvalue weighted by molar-refractivity contribution is -0.132. The molecule has 26 heavy (non-hydrogen) atoms. The van der Waals surface area contributed by atoms with Crippen LogP contribution in [-0.2, 0) is 11.4 Å². The largest absolute Gasteiger partial charge is 0.484 e. The number of likely N-dealkylation sites (tertiary alicyclic amines) is 1. The zero-order valence-corrected chi connectivity index (χ0v) is 14.1. The maximum Gasteiger partial charge on any atom is 0.260 e. The van der Waals surface area contributed by atoms with E-state index in [1.54, 1.807) is 29.2 Å². The van der Waals surface area contributed by atoms with Crippen LogP contribution in [0.15, 0.2) is 42.5 Å². The third-order valence-corrected chi connectivity index (χ3v) is 4.32. The molecule has 1 aliphatic rings. The van der Waals surface area contributed by atoms with Crippen molar-refractivity contribution in [2.75, 3.05) is 25.0 Å². The van der Waals surface area contributed by atoms with Gasteiger partial charge in [-0.05, 0) is 36.2 Å². The summed E-state index contributed by atoms with van der Waals surface area (Å²) >= 11 is 0. The van der Waals surface area contributed by atoms with E-state index in [2.05, 4.69) is 5.32 Å². The highest BCUT2D eigenvalue weighted by atomic mass is 19.2. The van der Waals surface area contributed by atoms with Gasteiger partial charge in [-0.25, -0.2) is 8.78 Å². The average molecular weight is 362 g/mol. The first-order valence-corrected chi connectivity index (χ1v) is 8.37. The zero-order chi connectivity index (χ0) is 18.5. The molecule has 2 N–H and O–H groups in total. The van der Waals surface area contributed by atoms with Gasteiger partial charge in [0.1, 0.15) is 5.75 Å². The van der Waals surface area contributed by atoms with E-state index in [9.17, 15) is 13.6 Å². The summed E-state index contributed by atoms with van der Waals surface area (Å²) in [4.78, 5) is 13.9. The lowest BCUT2D eigenvalue weighted by Gasteiger charge is -2.18. The molecule has 2 aromatic carbocycles. The summed E-state index contributed by atoms with van der Waals surface area (Å²) in [5, 5.41) is 11.9. The Hall–Kier alpha value is -2.67. The van der Waals surface area contributed by atoms with Gasteiger partial charge in [0.05, 0.1) is 12.3 Å². The Morgan fingerprint density at radius 1 is 1.23 bits per heavy atom. The second-order valence-electron chi connectivity index (χ2n) is 6.16. The van der Waals surface area contributed by atoms with Crippen LogP contribution in [0.5, 0.6) is 5.75 Å². The van der Waals surface area contributed by atoms with Gasteiger partial charge in [0.25, 0.3) is 5.91 Å². The Bertz CT molecular complexity index is 768. The van der Waals surface area contributed by atoms with Crippen LogP contribution in [-0.4, -0.2) is 41.7 Å². The highest BCUT2D eigenvalue weighted by molar-refractivity contribution is 5.78. The minimum absolute atomic E-state index is 0.0483. The molecule has 1 atom stereocenters. The summed E-state index contributed by atoms with van der Waals surface area (Å²) in [6, 6.07) is 10.7. The lowest BCUT2D eigenvalue weighted by Crippen LogP contribution is -2.35. The number of halogens is 2. The molecule has 138 valence electrons. The molecule has 1 unspecified atom stereocenters. The van der Waals surface area contributed by atoms with E-state index in [1.165, 1.54) is 12.1 Å². The number of aliphatic hydroxyl groups excluding tert-OH is 1. The molecule has 0 radical (unpaired) electrons. The summed E-state index contributed by atoms with van der Waals surface area (Å²) in [5.74, 6) is -1.43. The van der Waals surface area contributed by atoms with Crippen LogP contribution in [0.4, 0.5) is 14.5 Å². The van der Waals surface area contributed by atoms with Gasteiger partial charge in [-0.15, -0.1) is 0 Å². The fourth-order valence-corrected chi connectivity index (χ4v) is 2.87. The molecule has 7 heteroatoms. The number of aliphatic hydroxyl groups is 1. The average Bonchev–Trinajstić information content (AvgIpc) is 3.12. The number of hydrogen-bond acceptors (Lipinski definition) is 4. The number of ether oxygens (including phenoxy) is 1. The Kier molecular flexibility index (Phi) is 5.68. The van der Waals surface area contributed by atoms with Crippen molar-refractivity contribution < 1.29 is 23.4 Å². The van der Waals surface area contributed by atoms with Crippen molar-refractivity contribution >= 4 is 11.6 Å². The number of benzene rings is 2. The number of nitrogens with zero attached hydrogens (tertiary/aromatic N) is 1. The molecule has 1 aliphatic heterocycles. The molecule has 3 rings (SSSR count). The van der Waals surface area contributed by atoms with Crippen molar-refractivity contribution in [3.63, 3.8) is 0 Å². The fraction of sp³-hybridized carbons (Fsp3) is 0.316. The summed E-state index contributed by atoms with van der Waals surface area (Å²) in [5.41, 5.74) is 0.867. The number of nitrogens with one attached hydrogen (secondary N) is 1. The van der Waals surface area contributed by atoms with Crippen LogP contribution in [0.2, 0.25) is 0 Å². The predicted octanol–water partition coefficient (Wildman–Crippen LogP) is 2.55. The van der Waals surface area contributed by atoms with Crippen molar-refractivity contribution in [3.8, 4) is 5.75 Å². The van der Waals surface area contributed by atoms with Crippen LogP contribution in [0.3, 0.4) is 0 Å². The molecule has 0 aromatic heterocycles. The van der Waals surface area contributed by atoms with Gasteiger partial charge in [0.15, 0.2) is 18.2 Å². The maximum absolute atomic E-state index is 13.7. The monoisotopic (exact) mass is 362 g/mol. The van der Waals surface area contributed by atoms with Crippen LogP contribution in [0.1, 0.15) is 12.0 Å². The van der Waals surface area contributed by atoms with Crippen molar-refractivity contribution in [1.29, 1.82) is 0 Å². The van der Waals surface area contributed by atoms with E-state index < -0.39 is 11.6 Å². The van der Waals surface area contributed by atoms with Gasteiger partial charge in [-0.2, -0.15) is 0 Å². The fourth-order valence-electron chi connectivity index (χ4n) is 2.87.